The molecule has 1 aromatic heterocycles. The van der Waals surface area contributed by atoms with E-state index in [1.54, 1.807) is 18.5 Å². The van der Waals surface area contributed by atoms with E-state index in [2.05, 4.69) is 10.3 Å². The van der Waals surface area contributed by atoms with Crippen molar-refractivity contribution in [2.75, 3.05) is 0 Å². The molecule has 19 heavy (non-hydrogen) atoms. The third-order valence-corrected chi connectivity index (χ3v) is 3.92. The van der Waals surface area contributed by atoms with Gasteiger partial charge in [0.1, 0.15) is 0 Å². The van der Waals surface area contributed by atoms with Crippen molar-refractivity contribution in [3.8, 4) is 0 Å². The van der Waals surface area contributed by atoms with Gasteiger partial charge in [-0.25, -0.2) is 0 Å². The number of carbonyl (C=O) groups is 2. The summed E-state index contributed by atoms with van der Waals surface area (Å²) in [6, 6.07) is 3.51. The number of nitrogens with zero attached hydrogens (tertiary/aromatic N) is 1. The Labute approximate surface area is 112 Å². The molecule has 0 spiro atoms. The lowest BCUT2D eigenvalue weighted by atomic mass is 10.1. The van der Waals surface area contributed by atoms with Crippen molar-refractivity contribution < 1.29 is 14.7 Å². The molecule has 0 bridgehead atoms. The van der Waals surface area contributed by atoms with Crippen LogP contribution >= 0.6 is 0 Å². The molecule has 0 aliphatic heterocycles. The quantitative estimate of drug-likeness (QED) is 0.864. The van der Waals surface area contributed by atoms with Gasteiger partial charge in [-0.2, -0.15) is 0 Å². The van der Waals surface area contributed by atoms with Crippen LogP contribution in [0.1, 0.15) is 32.4 Å². The SMILES string of the molecule is C[C@H](NC(=O)C1C(C(=O)O)C1(C)C)c1cccnc1. The molecule has 2 rings (SSSR count). The van der Waals surface area contributed by atoms with E-state index in [4.69, 9.17) is 5.11 Å². The van der Waals surface area contributed by atoms with Crippen LogP contribution in [-0.4, -0.2) is 22.0 Å². The highest BCUT2D eigenvalue weighted by Gasteiger charge is 2.65. The van der Waals surface area contributed by atoms with Crippen molar-refractivity contribution in [3.05, 3.63) is 30.1 Å². The third-order valence-electron chi connectivity index (χ3n) is 3.92. The van der Waals surface area contributed by atoms with Gasteiger partial charge in [-0.3, -0.25) is 14.6 Å². The first kappa shape index (κ1) is 13.5. The topological polar surface area (TPSA) is 79.3 Å². The Morgan fingerprint density at radius 1 is 1.42 bits per heavy atom. The first-order chi connectivity index (χ1) is 8.85. The van der Waals surface area contributed by atoms with Gasteiger partial charge in [0.05, 0.1) is 17.9 Å². The minimum absolute atomic E-state index is 0.174. The second-order valence-corrected chi connectivity index (χ2v) is 5.63. The number of amides is 1. The van der Waals surface area contributed by atoms with Crippen LogP contribution in [-0.2, 0) is 9.59 Å². The molecule has 5 nitrogen and oxygen atoms in total. The average molecular weight is 262 g/mol. The molecule has 1 amide bonds. The fourth-order valence-corrected chi connectivity index (χ4v) is 2.61. The first-order valence-electron chi connectivity index (χ1n) is 6.29. The minimum atomic E-state index is -0.904. The van der Waals surface area contributed by atoms with Gasteiger partial charge >= 0.3 is 5.97 Å². The lowest BCUT2D eigenvalue weighted by Crippen LogP contribution is -2.30. The summed E-state index contributed by atoms with van der Waals surface area (Å²) in [7, 11) is 0. The molecule has 1 heterocycles. The van der Waals surface area contributed by atoms with E-state index >= 15 is 0 Å². The summed E-state index contributed by atoms with van der Waals surface area (Å²) in [6.45, 7) is 5.48. The van der Waals surface area contributed by atoms with Gasteiger partial charge in [-0.15, -0.1) is 0 Å². The number of nitrogens with one attached hydrogen (secondary N) is 1. The Morgan fingerprint density at radius 2 is 2.11 bits per heavy atom. The molecule has 1 fully saturated rings. The van der Waals surface area contributed by atoms with Crippen molar-refractivity contribution in [1.82, 2.24) is 10.3 Å². The molecule has 1 aromatic rings. The van der Waals surface area contributed by atoms with Crippen molar-refractivity contribution >= 4 is 11.9 Å². The van der Waals surface area contributed by atoms with Crippen LogP contribution < -0.4 is 5.32 Å². The summed E-state index contributed by atoms with van der Waals surface area (Å²) in [5, 5.41) is 11.9. The van der Waals surface area contributed by atoms with Crippen LogP contribution in [0.3, 0.4) is 0 Å². The smallest absolute Gasteiger partial charge is 0.307 e. The molecular weight excluding hydrogens is 244 g/mol. The Kier molecular flexibility index (Phi) is 3.30. The number of hydrogen-bond donors (Lipinski definition) is 2. The monoisotopic (exact) mass is 262 g/mol. The molecule has 1 saturated carbocycles. The lowest BCUT2D eigenvalue weighted by Gasteiger charge is -2.14. The summed E-state index contributed by atoms with van der Waals surface area (Å²) >= 11 is 0. The maximum Gasteiger partial charge on any atom is 0.307 e. The summed E-state index contributed by atoms with van der Waals surface area (Å²) in [5.74, 6) is -2.15. The summed E-state index contributed by atoms with van der Waals surface area (Å²) in [6.07, 6.45) is 3.36. The number of pyridine rings is 1. The number of hydrogen-bond acceptors (Lipinski definition) is 3. The molecule has 1 aliphatic carbocycles. The molecule has 5 heteroatoms. The van der Waals surface area contributed by atoms with Crippen LogP contribution in [0.25, 0.3) is 0 Å². The number of aliphatic carboxylic acids is 1. The summed E-state index contributed by atoms with van der Waals surface area (Å²) in [5.41, 5.74) is 0.436. The largest absolute Gasteiger partial charge is 0.481 e. The fraction of sp³-hybridized carbons (Fsp3) is 0.500. The molecule has 0 radical (unpaired) electrons. The highest BCUT2D eigenvalue weighted by Crippen LogP contribution is 2.58. The van der Waals surface area contributed by atoms with Crippen LogP contribution in [0.5, 0.6) is 0 Å². The molecule has 0 aromatic carbocycles. The molecule has 102 valence electrons. The van der Waals surface area contributed by atoms with Crippen LogP contribution in [0.4, 0.5) is 0 Å². The maximum atomic E-state index is 12.1. The Balaban J connectivity index is 2.02. The van der Waals surface area contributed by atoms with E-state index in [9.17, 15) is 9.59 Å². The Bertz CT molecular complexity index is 499. The van der Waals surface area contributed by atoms with Gasteiger partial charge in [-0.1, -0.05) is 19.9 Å². The summed E-state index contributed by atoms with van der Waals surface area (Å²) in [4.78, 5) is 27.2. The zero-order valence-corrected chi connectivity index (χ0v) is 11.3. The Morgan fingerprint density at radius 3 is 2.58 bits per heavy atom. The maximum absolute atomic E-state index is 12.1. The van der Waals surface area contributed by atoms with Crippen molar-refractivity contribution in [2.24, 2.45) is 17.3 Å². The highest BCUT2D eigenvalue weighted by molar-refractivity contribution is 5.91. The molecule has 0 saturated heterocycles. The van der Waals surface area contributed by atoms with E-state index in [0.29, 0.717) is 0 Å². The van der Waals surface area contributed by atoms with E-state index < -0.39 is 23.2 Å². The number of rotatable bonds is 4. The van der Waals surface area contributed by atoms with Gasteiger partial charge in [0.15, 0.2) is 0 Å². The van der Waals surface area contributed by atoms with E-state index in [0.717, 1.165) is 5.56 Å². The van der Waals surface area contributed by atoms with Crippen molar-refractivity contribution in [3.63, 3.8) is 0 Å². The van der Waals surface area contributed by atoms with E-state index in [-0.39, 0.29) is 11.9 Å². The summed E-state index contributed by atoms with van der Waals surface area (Å²) < 4.78 is 0. The predicted octanol–water partition coefficient (Wildman–Crippen LogP) is 1.62. The van der Waals surface area contributed by atoms with Crippen LogP contribution in [0, 0.1) is 17.3 Å². The first-order valence-corrected chi connectivity index (χ1v) is 6.29. The standard InChI is InChI=1S/C14H18N2O3/c1-8(9-5-4-6-15-7-9)16-12(17)10-11(13(18)19)14(10,2)3/h4-8,10-11H,1-3H3,(H,16,17)(H,18,19)/t8-,10?,11?/m0/s1. The molecule has 2 unspecified atom stereocenters. The third kappa shape index (κ3) is 2.45. The average Bonchev–Trinajstić information content (AvgIpc) is 2.93. The van der Waals surface area contributed by atoms with Crippen molar-refractivity contribution in [1.29, 1.82) is 0 Å². The van der Waals surface area contributed by atoms with Gasteiger partial charge in [0.25, 0.3) is 0 Å². The second-order valence-electron chi connectivity index (χ2n) is 5.63. The normalized spacial score (nSPS) is 25.4. The number of aromatic nitrogens is 1. The van der Waals surface area contributed by atoms with Crippen molar-refractivity contribution in [2.45, 2.75) is 26.8 Å². The zero-order chi connectivity index (χ0) is 14.2. The molecule has 3 atom stereocenters. The second kappa shape index (κ2) is 4.64. The van der Waals surface area contributed by atoms with Gasteiger partial charge < -0.3 is 10.4 Å². The predicted molar refractivity (Wildman–Crippen MR) is 69.2 cm³/mol. The minimum Gasteiger partial charge on any atom is -0.481 e. The van der Waals surface area contributed by atoms with E-state index in [1.807, 2.05) is 26.8 Å². The lowest BCUT2D eigenvalue weighted by molar-refractivity contribution is -0.140. The highest BCUT2D eigenvalue weighted by atomic mass is 16.4. The molecular formula is C14H18N2O3. The van der Waals surface area contributed by atoms with E-state index in [1.165, 1.54) is 0 Å². The van der Waals surface area contributed by atoms with Gasteiger partial charge in [0, 0.05) is 12.4 Å². The number of carboxylic acid groups (broad SMARTS) is 1. The molecule has 1 aliphatic rings. The van der Waals surface area contributed by atoms with Crippen LogP contribution in [0.2, 0.25) is 0 Å². The molecule has 2 N–H and O–H groups in total. The zero-order valence-electron chi connectivity index (χ0n) is 11.3. The van der Waals surface area contributed by atoms with Crippen LogP contribution in [0.15, 0.2) is 24.5 Å². The fourth-order valence-electron chi connectivity index (χ4n) is 2.61. The van der Waals surface area contributed by atoms with Gasteiger partial charge in [0.2, 0.25) is 5.91 Å². The van der Waals surface area contributed by atoms with Gasteiger partial charge in [-0.05, 0) is 24.0 Å². The number of carboxylic acids is 1. The Hall–Kier alpha value is -1.91. The number of carbonyl (C=O) groups excluding carboxylic acids is 1.